The van der Waals surface area contributed by atoms with Crippen molar-refractivity contribution in [1.82, 2.24) is 0 Å². The number of non-ortho nitro benzene ring substituents is 1. The monoisotopic (exact) mass is 290 g/mol. The Labute approximate surface area is 118 Å². The lowest BCUT2D eigenvalue weighted by molar-refractivity contribution is -0.394. The molecule has 2 rings (SSSR count). The summed E-state index contributed by atoms with van der Waals surface area (Å²) >= 11 is 1.27. The van der Waals surface area contributed by atoms with E-state index in [0.717, 1.165) is 11.0 Å². The summed E-state index contributed by atoms with van der Waals surface area (Å²) in [6.45, 7) is 1.59. The molecule has 0 N–H and O–H groups in total. The largest absolute Gasteiger partial charge is 0.280 e. The molecule has 0 unspecified atom stereocenters. The van der Waals surface area contributed by atoms with Crippen LogP contribution in [-0.2, 0) is 0 Å². The van der Waals surface area contributed by atoms with Crippen LogP contribution in [0.5, 0.6) is 0 Å². The molecule has 0 aliphatic carbocycles. The first-order chi connectivity index (χ1) is 9.49. The van der Waals surface area contributed by atoms with Crippen molar-refractivity contribution in [3.05, 3.63) is 68.3 Å². The van der Waals surface area contributed by atoms with Gasteiger partial charge in [0, 0.05) is 21.4 Å². The van der Waals surface area contributed by atoms with Crippen LogP contribution in [0, 0.1) is 27.2 Å². The maximum atomic E-state index is 11.0. The van der Waals surface area contributed by atoms with Gasteiger partial charge in [0.05, 0.1) is 15.9 Å². The summed E-state index contributed by atoms with van der Waals surface area (Å²) in [6, 6.07) is 11.6. The molecule has 0 atom stereocenters. The van der Waals surface area contributed by atoms with Gasteiger partial charge in [-0.15, -0.1) is 0 Å². The Morgan fingerprint density at radius 1 is 1.00 bits per heavy atom. The summed E-state index contributed by atoms with van der Waals surface area (Å²) in [5.41, 5.74) is -0.0900. The Hall–Kier alpha value is -2.41. The number of hydrogen-bond donors (Lipinski definition) is 0. The number of nitro benzene ring substituents is 2. The van der Waals surface area contributed by atoms with Gasteiger partial charge in [-0.1, -0.05) is 30.0 Å². The standard InChI is InChI=1S/C13H10N2O4S/c1-9-12(15(18)19)7-10(14(16)17)8-13(9)20-11-5-3-2-4-6-11/h2-8H,1H3. The zero-order chi connectivity index (χ0) is 14.7. The summed E-state index contributed by atoms with van der Waals surface area (Å²) in [7, 11) is 0. The third-order valence-electron chi connectivity index (χ3n) is 2.70. The highest BCUT2D eigenvalue weighted by Gasteiger charge is 2.21. The molecule has 2 aromatic rings. The molecule has 102 valence electrons. The van der Waals surface area contributed by atoms with Crippen molar-refractivity contribution in [2.24, 2.45) is 0 Å². The molecular weight excluding hydrogens is 280 g/mol. The van der Waals surface area contributed by atoms with Gasteiger partial charge in [-0.2, -0.15) is 0 Å². The summed E-state index contributed by atoms with van der Waals surface area (Å²) in [4.78, 5) is 22.0. The molecule has 0 amide bonds. The van der Waals surface area contributed by atoms with Gasteiger partial charge in [-0.25, -0.2) is 0 Å². The van der Waals surface area contributed by atoms with Gasteiger partial charge in [0.1, 0.15) is 0 Å². The molecule has 0 bridgehead atoms. The van der Waals surface area contributed by atoms with E-state index < -0.39 is 9.85 Å². The van der Waals surface area contributed by atoms with E-state index in [-0.39, 0.29) is 11.4 Å². The lowest BCUT2D eigenvalue weighted by Gasteiger charge is -2.06. The first-order valence-corrected chi connectivity index (χ1v) is 6.47. The fourth-order valence-electron chi connectivity index (χ4n) is 1.68. The van der Waals surface area contributed by atoms with Crippen LogP contribution < -0.4 is 0 Å². The molecular formula is C13H10N2O4S. The predicted octanol–water partition coefficient (Wildman–Crippen LogP) is 3.96. The van der Waals surface area contributed by atoms with E-state index in [0.29, 0.717) is 10.5 Å². The lowest BCUT2D eigenvalue weighted by atomic mass is 10.2. The number of rotatable bonds is 4. The summed E-state index contributed by atoms with van der Waals surface area (Å²) in [5.74, 6) is 0. The Morgan fingerprint density at radius 3 is 2.20 bits per heavy atom. The predicted molar refractivity (Wildman–Crippen MR) is 75.1 cm³/mol. The second kappa shape index (κ2) is 5.70. The lowest BCUT2D eigenvalue weighted by Crippen LogP contribution is -1.97. The zero-order valence-corrected chi connectivity index (χ0v) is 11.3. The van der Waals surface area contributed by atoms with Crippen LogP contribution in [0.25, 0.3) is 0 Å². The van der Waals surface area contributed by atoms with Crippen molar-refractivity contribution in [1.29, 1.82) is 0 Å². The van der Waals surface area contributed by atoms with Crippen LogP contribution in [0.3, 0.4) is 0 Å². The van der Waals surface area contributed by atoms with Gasteiger partial charge < -0.3 is 0 Å². The van der Waals surface area contributed by atoms with Crippen LogP contribution in [0.2, 0.25) is 0 Å². The number of nitrogens with zero attached hydrogens (tertiary/aromatic N) is 2. The van der Waals surface area contributed by atoms with Crippen molar-refractivity contribution in [3.63, 3.8) is 0 Å². The third-order valence-corrected chi connectivity index (χ3v) is 3.85. The zero-order valence-electron chi connectivity index (χ0n) is 10.5. The first-order valence-electron chi connectivity index (χ1n) is 5.65. The third kappa shape index (κ3) is 2.94. The van der Waals surface area contributed by atoms with Crippen molar-refractivity contribution in [3.8, 4) is 0 Å². The molecule has 0 fully saturated rings. The maximum Gasteiger partial charge on any atom is 0.280 e. The quantitative estimate of drug-likeness (QED) is 0.628. The molecule has 0 aliphatic rings. The number of benzene rings is 2. The van der Waals surface area contributed by atoms with Gasteiger partial charge in [0.15, 0.2) is 0 Å². The minimum Gasteiger partial charge on any atom is -0.258 e. The van der Waals surface area contributed by atoms with Gasteiger partial charge in [-0.3, -0.25) is 20.2 Å². The highest BCUT2D eigenvalue weighted by molar-refractivity contribution is 7.99. The van der Waals surface area contributed by atoms with Crippen molar-refractivity contribution < 1.29 is 9.85 Å². The van der Waals surface area contributed by atoms with Crippen LogP contribution >= 0.6 is 11.8 Å². The molecule has 0 aromatic heterocycles. The smallest absolute Gasteiger partial charge is 0.258 e. The number of hydrogen-bond acceptors (Lipinski definition) is 5. The highest BCUT2D eigenvalue weighted by Crippen LogP contribution is 2.37. The molecule has 0 heterocycles. The van der Waals surface area contributed by atoms with Gasteiger partial charge in [0.25, 0.3) is 11.4 Å². The van der Waals surface area contributed by atoms with Gasteiger partial charge in [-0.05, 0) is 19.1 Å². The normalized spacial score (nSPS) is 10.2. The van der Waals surface area contributed by atoms with E-state index in [9.17, 15) is 20.2 Å². The molecule has 20 heavy (non-hydrogen) atoms. The van der Waals surface area contributed by atoms with Crippen LogP contribution in [0.4, 0.5) is 11.4 Å². The van der Waals surface area contributed by atoms with Crippen molar-refractivity contribution in [2.75, 3.05) is 0 Å². The van der Waals surface area contributed by atoms with Crippen LogP contribution in [-0.4, -0.2) is 9.85 Å². The Morgan fingerprint density at radius 2 is 1.65 bits per heavy atom. The molecule has 0 aliphatic heterocycles. The Balaban J connectivity index is 2.51. The highest BCUT2D eigenvalue weighted by atomic mass is 32.2. The Kier molecular flexibility index (Phi) is 3.99. The fourth-order valence-corrected chi connectivity index (χ4v) is 2.66. The second-order valence-electron chi connectivity index (χ2n) is 4.02. The minimum atomic E-state index is -0.624. The molecule has 0 radical (unpaired) electrons. The van der Waals surface area contributed by atoms with E-state index in [1.165, 1.54) is 17.8 Å². The topological polar surface area (TPSA) is 86.3 Å². The summed E-state index contributed by atoms with van der Waals surface area (Å²) in [5, 5.41) is 21.8. The van der Waals surface area contributed by atoms with Crippen LogP contribution in [0.1, 0.15) is 5.56 Å². The van der Waals surface area contributed by atoms with Crippen molar-refractivity contribution >= 4 is 23.1 Å². The maximum absolute atomic E-state index is 11.0. The Bertz CT molecular complexity index is 674. The molecule has 2 aromatic carbocycles. The van der Waals surface area contributed by atoms with Crippen LogP contribution in [0.15, 0.2) is 52.3 Å². The molecule has 7 heteroatoms. The summed E-state index contributed by atoms with van der Waals surface area (Å²) < 4.78 is 0. The van der Waals surface area contributed by atoms with E-state index >= 15 is 0 Å². The van der Waals surface area contributed by atoms with E-state index in [4.69, 9.17) is 0 Å². The minimum absolute atomic E-state index is 0.238. The van der Waals surface area contributed by atoms with Gasteiger partial charge >= 0.3 is 0 Å². The molecule has 0 saturated carbocycles. The number of nitro groups is 2. The fraction of sp³-hybridized carbons (Fsp3) is 0.0769. The van der Waals surface area contributed by atoms with E-state index in [1.54, 1.807) is 6.92 Å². The second-order valence-corrected chi connectivity index (χ2v) is 5.13. The summed E-state index contributed by atoms with van der Waals surface area (Å²) in [6.07, 6.45) is 0. The van der Waals surface area contributed by atoms with E-state index in [1.807, 2.05) is 30.3 Å². The first kappa shape index (κ1) is 14.0. The van der Waals surface area contributed by atoms with Gasteiger partial charge in [0.2, 0.25) is 0 Å². The van der Waals surface area contributed by atoms with E-state index in [2.05, 4.69) is 0 Å². The average Bonchev–Trinajstić information content (AvgIpc) is 2.41. The molecule has 6 nitrogen and oxygen atoms in total. The average molecular weight is 290 g/mol. The SMILES string of the molecule is Cc1c(Sc2ccccc2)cc([N+](=O)[O-])cc1[N+](=O)[O-]. The molecule has 0 saturated heterocycles. The van der Waals surface area contributed by atoms with Crippen molar-refractivity contribution in [2.45, 2.75) is 16.7 Å². The molecule has 0 spiro atoms.